The van der Waals surface area contributed by atoms with Crippen LogP contribution in [0.3, 0.4) is 0 Å². The Morgan fingerprint density at radius 3 is 3.06 bits per heavy atom. The maximum absolute atomic E-state index is 9.06. The van der Waals surface area contributed by atoms with Crippen LogP contribution in [0, 0.1) is 18.3 Å². The first kappa shape index (κ1) is 10.7. The zero-order chi connectivity index (χ0) is 11.4. The summed E-state index contributed by atoms with van der Waals surface area (Å²) in [6.07, 6.45) is 1.83. The number of aryl methyl sites for hydroxylation is 1. The highest BCUT2D eigenvalue weighted by molar-refractivity contribution is 7.09. The van der Waals surface area contributed by atoms with Gasteiger partial charge >= 0.3 is 0 Å². The standard InChI is InChI=1S/C12H11N3S/c1-9-3-2-4-12(11(9)5-13)15-7-10-6-14-8-16-10/h2-4,6,8,15H,7H2,1H3. The van der Waals surface area contributed by atoms with E-state index in [9.17, 15) is 0 Å². The van der Waals surface area contributed by atoms with E-state index in [0.29, 0.717) is 12.1 Å². The van der Waals surface area contributed by atoms with Gasteiger partial charge in [0.05, 0.1) is 23.3 Å². The number of thiazole rings is 1. The molecule has 0 saturated carbocycles. The van der Waals surface area contributed by atoms with Crippen molar-refractivity contribution in [3.8, 4) is 6.07 Å². The molecule has 0 radical (unpaired) electrons. The quantitative estimate of drug-likeness (QED) is 0.880. The van der Waals surface area contributed by atoms with Crippen molar-refractivity contribution in [1.29, 1.82) is 5.26 Å². The highest BCUT2D eigenvalue weighted by Crippen LogP contribution is 2.19. The number of nitrogens with one attached hydrogen (secondary N) is 1. The molecule has 0 atom stereocenters. The lowest BCUT2D eigenvalue weighted by Crippen LogP contribution is -2.00. The van der Waals surface area contributed by atoms with Crippen molar-refractivity contribution >= 4 is 17.0 Å². The maximum Gasteiger partial charge on any atom is 0.102 e. The van der Waals surface area contributed by atoms with Gasteiger partial charge in [-0.15, -0.1) is 11.3 Å². The zero-order valence-corrected chi connectivity index (χ0v) is 9.71. The molecular weight excluding hydrogens is 218 g/mol. The average molecular weight is 229 g/mol. The van der Waals surface area contributed by atoms with E-state index in [2.05, 4.69) is 16.4 Å². The summed E-state index contributed by atoms with van der Waals surface area (Å²) in [4.78, 5) is 5.17. The Labute approximate surface area is 98.4 Å². The first-order valence-electron chi connectivity index (χ1n) is 4.92. The van der Waals surface area contributed by atoms with E-state index >= 15 is 0 Å². The van der Waals surface area contributed by atoms with Crippen LogP contribution in [0.4, 0.5) is 5.69 Å². The van der Waals surface area contributed by atoms with Crippen molar-refractivity contribution in [3.05, 3.63) is 45.9 Å². The predicted molar refractivity (Wildman–Crippen MR) is 65.3 cm³/mol. The third-order valence-electron chi connectivity index (χ3n) is 2.32. The second kappa shape index (κ2) is 4.77. The molecule has 4 heteroatoms. The van der Waals surface area contributed by atoms with Gasteiger partial charge in [-0.25, -0.2) is 0 Å². The molecule has 2 aromatic rings. The van der Waals surface area contributed by atoms with Crippen LogP contribution in [0.15, 0.2) is 29.9 Å². The topological polar surface area (TPSA) is 48.7 Å². The summed E-state index contributed by atoms with van der Waals surface area (Å²) < 4.78 is 0. The van der Waals surface area contributed by atoms with Crippen LogP contribution < -0.4 is 5.32 Å². The van der Waals surface area contributed by atoms with Crippen LogP contribution in [0.5, 0.6) is 0 Å². The van der Waals surface area contributed by atoms with Crippen molar-refractivity contribution in [1.82, 2.24) is 4.98 Å². The molecule has 80 valence electrons. The molecule has 0 aliphatic rings. The van der Waals surface area contributed by atoms with Gasteiger partial charge in [0.1, 0.15) is 6.07 Å². The number of benzene rings is 1. The summed E-state index contributed by atoms with van der Waals surface area (Å²) in [5, 5.41) is 12.3. The second-order valence-corrected chi connectivity index (χ2v) is 4.40. The van der Waals surface area contributed by atoms with Crippen LogP contribution in [0.25, 0.3) is 0 Å². The molecule has 0 amide bonds. The van der Waals surface area contributed by atoms with Crippen molar-refractivity contribution < 1.29 is 0 Å². The summed E-state index contributed by atoms with van der Waals surface area (Å²) in [5.74, 6) is 0. The fraction of sp³-hybridized carbons (Fsp3) is 0.167. The molecule has 1 aromatic heterocycles. The van der Waals surface area contributed by atoms with Crippen LogP contribution in [-0.4, -0.2) is 4.98 Å². The average Bonchev–Trinajstić information content (AvgIpc) is 2.79. The van der Waals surface area contributed by atoms with E-state index in [1.54, 1.807) is 16.8 Å². The summed E-state index contributed by atoms with van der Waals surface area (Å²) in [5.41, 5.74) is 4.40. The Morgan fingerprint density at radius 2 is 2.38 bits per heavy atom. The molecule has 2 rings (SSSR count). The Balaban J connectivity index is 2.16. The molecule has 0 spiro atoms. The van der Waals surface area contributed by atoms with Gasteiger partial charge in [-0.05, 0) is 18.6 Å². The first-order chi connectivity index (χ1) is 7.81. The Bertz CT molecular complexity index is 512. The molecule has 0 fully saturated rings. The molecule has 1 aromatic carbocycles. The first-order valence-corrected chi connectivity index (χ1v) is 5.80. The van der Waals surface area contributed by atoms with Crippen LogP contribution in [0.2, 0.25) is 0 Å². The van der Waals surface area contributed by atoms with E-state index in [0.717, 1.165) is 16.1 Å². The number of nitrogens with zero attached hydrogens (tertiary/aromatic N) is 2. The molecule has 3 nitrogen and oxygen atoms in total. The second-order valence-electron chi connectivity index (χ2n) is 3.43. The normalized spacial score (nSPS) is 9.75. The highest BCUT2D eigenvalue weighted by atomic mass is 32.1. The summed E-state index contributed by atoms with van der Waals surface area (Å²) >= 11 is 1.60. The van der Waals surface area contributed by atoms with E-state index in [-0.39, 0.29) is 0 Å². The van der Waals surface area contributed by atoms with Gasteiger partial charge in [0.25, 0.3) is 0 Å². The zero-order valence-electron chi connectivity index (χ0n) is 8.90. The molecule has 0 bridgehead atoms. The maximum atomic E-state index is 9.06. The Morgan fingerprint density at radius 1 is 1.50 bits per heavy atom. The third-order valence-corrected chi connectivity index (χ3v) is 3.10. The molecule has 0 aliphatic carbocycles. The van der Waals surface area contributed by atoms with E-state index in [1.165, 1.54) is 0 Å². The van der Waals surface area contributed by atoms with E-state index in [4.69, 9.17) is 5.26 Å². The molecule has 0 saturated heterocycles. The van der Waals surface area contributed by atoms with Gasteiger partial charge < -0.3 is 5.32 Å². The third kappa shape index (κ3) is 2.20. The number of nitriles is 1. The van der Waals surface area contributed by atoms with Crippen LogP contribution >= 0.6 is 11.3 Å². The molecular formula is C12H11N3S. The fourth-order valence-electron chi connectivity index (χ4n) is 1.48. The van der Waals surface area contributed by atoms with Crippen molar-refractivity contribution in [2.75, 3.05) is 5.32 Å². The van der Waals surface area contributed by atoms with Gasteiger partial charge in [0.15, 0.2) is 0 Å². The lowest BCUT2D eigenvalue weighted by molar-refractivity contribution is 1.17. The van der Waals surface area contributed by atoms with Gasteiger partial charge in [-0.1, -0.05) is 12.1 Å². The highest BCUT2D eigenvalue weighted by Gasteiger charge is 2.04. The van der Waals surface area contributed by atoms with Crippen LogP contribution in [-0.2, 0) is 6.54 Å². The van der Waals surface area contributed by atoms with Crippen LogP contribution in [0.1, 0.15) is 16.0 Å². The number of aromatic nitrogens is 1. The Hall–Kier alpha value is -1.86. The fourth-order valence-corrected chi connectivity index (χ4v) is 2.01. The lowest BCUT2D eigenvalue weighted by atomic mass is 10.1. The summed E-state index contributed by atoms with van der Waals surface area (Å²) in [6.45, 7) is 2.65. The van der Waals surface area contributed by atoms with E-state index in [1.807, 2.05) is 31.3 Å². The minimum absolute atomic E-state index is 0.711. The molecule has 1 N–H and O–H groups in total. The van der Waals surface area contributed by atoms with Crippen molar-refractivity contribution in [2.24, 2.45) is 0 Å². The summed E-state index contributed by atoms with van der Waals surface area (Å²) in [7, 11) is 0. The number of hydrogen-bond acceptors (Lipinski definition) is 4. The molecule has 16 heavy (non-hydrogen) atoms. The Kier molecular flexibility index (Phi) is 3.18. The van der Waals surface area contributed by atoms with Crippen molar-refractivity contribution in [2.45, 2.75) is 13.5 Å². The van der Waals surface area contributed by atoms with Gasteiger partial charge in [-0.2, -0.15) is 5.26 Å². The lowest BCUT2D eigenvalue weighted by Gasteiger charge is -2.08. The van der Waals surface area contributed by atoms with Gasteiger partial charge in [0, 0.05) is 11.1 Å². The van der Waals surface area contributed by atoms with Crippen molar-refractivity contribution in [3.63, 3.8) is 0 Å². The summed E-state index contributed by atoms with van der Waals surface area (Å²) in [6, 6.07) is 8.03. The number of anilines is 1. The molecule has 0 aliphatic heterocycles. The smallest absolute Gasteiger partial charge is 0.102 e. The molecule has 1 heterocycles. The van der Waals surface area contributed by atoms with Gasteiger partial charge in [0.2, 0.25) is 0 Å². The number of rotatable bonds is 3. The largest absolute Gasteiger partial charge is 0.379 e. The van der Waals surface area contributed by atoms with Gasteiger partial charge in [-0.3, -0.25) is 4.98 Å². The minimum Gasteiger partial charge on any atom is -0.379 e. The predicted octanol–water partition coefficient (Wildman–Crippen LogP) is 2.94. The van der Waals surface area contributed by atoms with E-state index < -0.39 is 0 Å². The SMILES string of the molecule is Cc1cccc(NCc2cncs2)c1C#N. The monoisotopic (exact) mass is 229 g/mol. The minimum atomic E-state index is 0.711. The molecule has 0 unspecified atom stereocenters. The number of hydrogen-bond donors (Lipinski definition) is 1.